The summed E-state index contributed by atoms with van der Waals surface area (Å²) in [7, 11) is 0. The predicted molar refractivity (Wildman–Crippen MR) is 69.7 cm³/mol. The van der Waals surface area contributed by atoms with Gasteiger partial charge < -0.3 is 10.0 Å². The lowest BCUT2D eigenvalue weighted by Gasteiger charge is -2.31. The van der Waals surface area contributed by atoms with E-state index in [4.69, 9.17) is 0 Å². The van der Waals surface area contributed by atoms with Gasteiger partial charge in [0.25, 0.3) is 0 Å². The second-order valence-electron chi connectivity index (χ2n) is 5.31. The highest BCUT2D eigenvalue weighted by Gasteiger charge is 2.24. The van der Waals surface area contributed by atoms with Gasteiger partial charge in [0.15, 0.2) is 0 Å². The summed E-state index contributed by atoms with van der Waals surface area (Å²) in [5, 5.41) is 9.41. The molecule has 1 rings (SSSR count). The molecule has 0 spiro atoms. The van der Waals surface area contributed by atoms with Crippen LogP contribution in [0.5, 0.6) is 0 Å². The number of piperidine rings is 1. The Labute approximate surface area is 105 Å². The quantitative estimate of drug-likeness (QED) is 0.726. The molecule has 1 atom stereocenters. The van der Waals surface area contributed by atoms with Crippen molar-refractivity contribution < 1.29 is 9.90 Å². The third-order valence-electron chi connectivity index (χ3n) is 3.69. The Morgan fingerprint density at radius 1 is 1.29 bits per heavy atom. The lowest BCUT2D eigenvalue weighted by Crippen LogP contribution is -2.42. The summed E-state index contributed by atoms with van der Waals surface area (Å²) < 4.78 is 0. The first kappa shape index (κ1) is 14.5. The minimum absolute atomic E-state index is 0.155. The summed E-state index contributed by atoms with van der Waals surface area (Å²) in [4.78, 5) is 14.0. The van der Waals surface area contributed by atoms with E-state index >= 15 is 0 Å². The van der Waals surface area contributed by atoms with Crippen molar-refractivity contribution >= 4 is 5.91 Å². The van der Waals surface area contributed by atoms with E-state index in [-0.39, 0.29) is 17.9 Å². The minimum atomic E-state index is -0.195. The monoisotopic (exact) mass is 241 g/mol. The molecule has 100 valence electrons. The molecular formula is C14H27NO2. The molecule has 0 aliphatic carbocycles. The zero-order chi connectivity index (χ0) is 12.7. The van der Waals surface area contributed by atoms with Gasteiger partial charge in [-0.15, -0.1) is 0 Å². The smallest absolute Gasteiger partial charge is 0.225 e. The largest absolute Gasteiger partial charge is 0.393 e. The Kier molecular flexibility index (Phi) is 6.56. The van der Waals surface area contributed by atoms with Gasteiger partial charge in [0.2, 0.25) is 5.91 Å². The fraction of sp³-hybridized carbons (Fsp3) is 0.929. The first-order chi connectivity index (χ1) is 8.15. The molecule has 17 heavy (non-hydrogen) atoms. The number of hydrogen-bond acceptors (Lipinski definition) is 2. The van der Waals surface area contributed by atoms with E-state index in [9.17, 15) is 9.90 Å². The Hall–Kier alpha value is -0.570. The lowest BCUT2D eigenvalue weighted by atomic mass is 9.99. The highest BCUT2D eigenvalue weighted by atomic mass is 16.3. The van der Waals surface area contributed by atoms with E-state index in [2.05, 4.69) is 6.92 Å². The molecule has 1 amide bonds. The van der Waals surface area contributed by atoms with Crippen LogP contribution in [0, 0.1) is 5.92 Å². The molecule has 0 aromatic carbocycles. The van der Waals surface area contributed by atoms with Crippen molar-refractivity contribution in [1.82, 2.24) is 4.90 Å². The van der Waals surface area contributed by atoms with Crippen molar-refractivity contribution in [2.24, 2.45) is 5.92 Å². The molecule has 0 radical (unpaired) electrons. The molecule has 1 heterocycles. The van der Waals surface area contributed by atoms with Crippen molar-refractivity contribution in [3.05, 3.63) is 0 Å². The number of hydrogen-bond donors (Lipinski definition) is 1. The summed E-state index contributed by atoms with van der Waals surface area (Å²) in [5.41, 5.74) is 0. The lowest BCUT2D eigenvalue weighted by molar-refractivity contribution is -0.137. The summed E-state index contributed by atoms with van der Waals surface area (Å²) in [6.07, 6.45) is 7.23. The molecule has 0 bridgehead atoms. The molecule has 1 N–H and O–H groups in total. The van der Waals surface area contributed by atoms with Gasteiger partial charge in [-0.2, -0.15) is 0 Å². The number of carbonyl (C=O) groups is 1. The summed E-state index contributed by atoms with van der Waals surface area (Å²) in [5.74, 6) is 0.440. The number of rotatable bonds is 6. The van der Waals surface area contributed by atoms with Crippen LogP contribution < -0.4 is 0 Å². The van der Waals surface area contributed by atoms with Gasteiger partial charge in [0.05, 0.1) is 6.10 Å². The number of likely N-dealkylation sites (tertiary alicyclic amines) is 1. The molecular weight excluding hydrogens is 214 g/mol. The van der Waals surface area contributed by atoms with Crippen molar-refractivity contribution in [2.45, 2.75) is 64.9 Å². The van der Waals surface area contributed by atoms with Crippen LogP contribution in [0.1, 0.15) is 58.8 Å². The van der Waals surface area contributed by atoms with Crippen LogP contribution in [0.15, 0.2) is 0 Å². The third-order valence-corrected chi connectivity index (χ3v) is 3.69. The first-order valence-corrected chi connectivity index (χ1v) is 7.12. The van der Waals surface area contributed by atoms with Gasteiger partial charge in [0, 0.05) is 19.0 Å². The molecule has 3 nitrogen and oxygen atoms in total. The van der Waals surface area contributed by atoms with Gasteiger partial charge in [-0.1, -0.05) is 39.5 Å². The standard InChI is InChI=1S/C14H27NO2/c1-3-4-5-6-7-12(2)14(17)15-10-8-13(16)9-11-15/h12-13,16H,3-11H2,1-2H3. The van der Waals surface area contributed by atoms with Crippen LogP contribution in [-0.2, 0) is 4.79 Å². The summed E-state index contributed by atoms with van der Waals surface area (Å²) in [6.45, 7) is 5.71. The molecule has 1 unspecified atom stereocenters. The summed E-state index contributed by atoms with van der Waals surface area (Å²) in [6, 6.07) is 0. The molecule has 1 saturated heterocycles. The summed E-state index contributed by atoms with van der Waals surface area (Å²) >= 11 is 0. The molecule has 1 aliphatic heterocycles. The maximum absolute atomic E-state index is 12.1. The zero-order valence-corrected chi connectivity index (χ0v) is 11.3. The van der Waals surface area contributed by atoms with E-state index in [1.54, 1.807) is 0 Å². The van der Waals surface area contributed by atoms with Gasteiger partial charge in [-0.3, -0.25) is 4.79 Å². The normalized spacial score (nSPS) is 19.4. The predicted octanol–water partition coefficient (Wildman–Crippen LogP) is 2.58. The van der Waals surface area contributed by atoms with Crippen LogP contribution in [0.2, 0.25) is 0 Å². The van der Waals surface area contributed by atoms with Gasteiger partial charge in [-0.05, 0) is 19.3 Å². The van der Waals surface area contributed by atoms with Crippen LogP contribution in [0.3, 0.4) is 0 Å². The molecule has 0 aromatic heterocycles. The van der Waals surface area contributed by atoms with E-state index in [1.807, 2.05) is 11.8 Å². The van der Waals surface area contributed by atoms with Crippen LogP contribution in [-0.4, -0.2) is 35.1 Å². The van der Waals surface area contributed by atoms with Crippen molar-refractivity contribution in [3.63, 3.8) is 0 Å². The highest BCUT2D eigenvalue weighted by molar-refractivity contribution is 5.78. The SMILES string of the molecule is CCCCCCC(C)C(=O)N1CCC(O)CC1. The number of carbonyl (C=O) groups excluding carboxylic acids is 1. The van der Waals surface area contributed by atoms with Crippen molar-refractivity contribution in [1.29, 1.82) is 0 Å². The van der Waals surface area contributed by atoms with Crippen molar-refractivity contribution in [3.8, 4) is 0 Å². The van der Waals surface area contributed by atoms with Crippen molar-refractivity contribution in [2.75, 3.05) is 13.1 Å². The minimum Gasteiger partial charge on any atom is -0.393 e. The highest BCUT2D eigenvalue weighted by Crippen LogP contribution is 2.17. The van der Waals surface area contributed by atoms with E-state index in [0.29, 0.717) is 0 Å². The maximum Gasteiger partial charge on any atom is 0.225 e. The Balaban J connectivity index is 2.21. The topological polar surface area (TPSA) is 40.5 Å². The number of nitrogens with zero attached hydrogens (tertiary/aromatic N) is 1. The fourth-order valence-electron chi connectivity index (χ4n) is 2.40. The second kappa shape index (κ2) is 7.70. The average Bonchev–Trinajstić information content (AvgIpc) is 2.34. The number of unbranched alkanes of at least 4 members (excludes halogenated alkanes) is 3. The molecule has 0 saturated carbocycles. The van der Waals surface area contributed by atoms with E-state index in [0.717, 1.165) is 38.8 Å². The molecule has 0 aromatic rings. The number of aliphatic hydroxyl groups excluding tert-OH is 1. The zero-order valence-electron chi connectivity index (χ0n) is 11.3. The van der Waals surface area contributed by atoms with Crippen LogP contribution in [0.4, 0.5) is 0 Å². The Morgan fingerprint density at radius 3 is 2.53 bits per heavy atom. The Bertz CT molecular complexity index is 222. The molecule has 1 aliphatic rings. The molecule has 1 fully saturated rings. The number of aliphatic hydroxyl groups is 1. The van der Waals surface area contributed by atoms with E-state index in [1.165, 1.54) is 19.3 Å². The maximum atomic E-state index is 12.1. The average molecular weight is 241 g/mol. The van der Waals surface area contributed by atoms with Crippen LogP contribution in [0.25, 0.3) is 0 Å². The fourth-order valence-corrected chi connectivity index (χ4v) is 2.40. The molecule has 3 heteroatoms. The third kappa shape index (κ3) is 5.07. The van der Waals surface area contributed by atoms with Gasteiger partial charge >= 0.3 is 0 Å². The Morgan fingerprint density at radius 2 is 1.94 bits per heavy atom. The van der Waals surface area contributed by atoms with Crippen LogP contribution >= 0.6 is 0 Å². The van der Waals surface area contributed by atoms with Gasteiger partial charge in [-0.25, -0.2) is 0 Å². The van der Waals surface area contributed by atoms with Gasteiger partial charge in [0.1, 0.15) is 0 Å². The second-order valence-corrected chi connectivity index (χ2v) is 5.31. The first-order valence-electron chi connectivity index (χ1n) is 7.12. The number of amides is 1. The van der Waals surface area contributed by atoms with E-state index < -0.39 is 0 Å².